The molecule has 2 heterocycles. The number of anilines is 1. The van der Waals surface area contributed by atoms with Crippen LogP contribution >= 0.6 is 0 Å². The molecule has 240 valence electrons. The summed E-state index contributed by atoms with van der Waals surface area (Å²) in [6.07, 6.45) is -15.4. The van der Waals surface area contributed by atoms with Crippen LogP contribution in [0.15, 0.2) is 36.4 Å². The lowest BCUT2D eigenvalue weighted by Gasteiger charge is -2.39. The number of nitrogens with two attached hydrogens (primary N) is 1. The number of carboxylic acids is 1. The van der Waals surface area contributed by atoms with Gasteiger partial charge in [-0.15, -0.1) is 10.2 Å². The van der Waals surface area contributed by atoms with Gasteiger partial charge < -0.3 is 16.2 Å². The lowest BCUT2D eigenvalue weighted by molar-refractivity contribution is -0.150. The van der Waals surface area contributed by atoms with Gasteiger partial charge in [-0.1, -0.05) is 6.92 Å². The third-order valence-electron chi connectivity index (χ3n) is 7.83. The Bertz CT molecular complexity index is 1520. The minimum Gasteiger partial charge on any atom is -0.481 e. The highest BCUT2D eigenvalue weighted by Gasteiger charge is 2.44. The zero-order valence-electron chi connectivity index (χ0n) is 23.4. The number of hydrogen-bond donors (Lipinski definition) is 3. The highest BCUT2D eigenvalue weighted by atomic mass is 19.4. The highest BCUT2D eigenvalue weighted by molar-refractivity contribution is 5.74. The molecule has 4 rings (SSSR count). The third kappa shape index (κ3) is 6.61. The van der Waals surface area contributed by atoms with E-state index in [-0.39, 0.29) is 29.6 Å². The molecule has 0 bridgehead atoms. The summed E-state index contributed by atoms with van der Waals surface area (Å²) in [5, 5.41) is 25.0. The first-order valence-electron chi connectivity index (χ1n) is 13.1. The van der Waals surface area contributed by atoms with Gasteiger partial charge >= 0.3 is 24.5 Å². The molecule has 1 unspecified atom stereocenters. The van der Waals surface area contributed by atoms with E-state index in [9.17, 15) is 49.4 Å². The van der Waals surface area contributed by atoms with Gasteiger partial charge in [-0.05, 0) is 85.8 Å². The molecule has 1 aliphatic heterocycles. The van der Waals surface area contributed by atoms with Gasteiger partial charge in [0, 0.05) is 5.69 Å². The Morgan fingerprint density at radius 1 is 1.00 bits per heavy atom. The van der Waals surface area contributed by atoms with Crippen molar-refractivity contribution in [2.75, 3.05) is 5.32 Å². The molecule has 0 aliphatic carbocycles. The highest BCUT2D eigenvalue weighted by Crippen LogP contribution is 2.44. The lowest BCUT2D eigenvalue weighted by atomic mass is 9.81. The summed E-state index contributed by atoms with van der Waals surface area (Å²) in [6.45, 7) is 4.09. The van der Waals surface area contributed by atoms with Gasteiger partial charge in [0.05, 0.1) is 39.7 Å². The minimum atomic E-state index is -5.14. The Balaban J connectivity index is 1.83. The molecule has 0 radical (unpaired) electrons. The van der Waals surface area contributed by atoms with E-state index < -0.39 is 76.2 Å². The first-order chi connectivity index (χ1) is 20.0. The van der Waals surface area contributed by atoms with Crippen molar-refractivity contribution in [2.24, 2.45) is 11.1 Å². The quantitative estimate of drug-likeness (QED) is 0.249. The number of halogens is 9. The van der Waals surface area contributed by atoms with Crippen molar-refractivity contribution in [3.8, 4) is 0 Å². The van der Waals surface area contributed by atoms with E-state index in [0.717, 1.165) is 16.9 Å². The topological polar surface area (TPSA) is 119 Å². The molecule has 4 N–H and O–H groups in total. The summed E-state index contributed by atoms with van der Waals surface area (Å²) in [5.41, 5.74) is -0.829. The van der Waals surface area contributed by atoms with Gasteiger partial charge in [0.1, 0.15) is 0 Å². The van der Waals surface area contributed by atoms with Crippen LogP contribution in [0.5, 0.6) is 0 Å². The van der Waals surface area contributed by atoms with Gasteiger partial charge in [-0.3, -0.25) is 4.79 Å². The molecule has 0 saturated carbocycles. The number of rotatable bonds is 7. The molecule has 8 nitrogen and oxygen atoms in total. The number of fused-ring (bicyclic) bond motifs is 1. The van der Waals surface area contributed by atoms with Crippen LogP contribution in [0.25, 0.3) is 0 Å². The van der Waals surface area contributed by atoms with Crippen LogP contribution < -0.4 is 11.1 Å². The van der Waals surface area contributed by atoms with E-state index in [1.807, 2.05) is 0 Å². The van der Waals surface area contributed by atoms with Crippen LogP contribution in [0.3, 0.4) is 0 Å². The monoisotopic (exact) mass is 638 g/mol. The first-order valence-corrected chi connectivity index (χ1v) is 13.1. The zero-order valence-corrected chi connectivity index (χ0v) is 23.4. The number of nitrogens with one attached hydrogen (secondary N) is 1. The SMILES string of the molecule is CC[C@]1(N)C[C@H](c2nnn(C(Cc3cc(C(F)(F)F)cc(C(F)(F)F)c3)C(C)(C)C(=O)O)n2)c2cc(C(F)(F)F)ccc2N1. The number of aliphatic carboxylic acids is 1. The van der Waals surface area contributed by atoms with E-state index >= 15 is 0 Å². The minimum absolute atomic E-state index is 0.0148. The Hall–Kier alpha value is -3.89. The van der Waals surface area contributed by atoms with Crippen LogP contribution in [0.1, 0.15) is 79.2 Å². The van der Waals surface area contributed by atoms with Crippen LogP contribution in [-0.2, 0) is 29.7 Å². The summed E-state index contributed by atoms with van der Waals surface area (Å²) >= 11 is 0. The average molecular weight is 639 g/mol. The number of carbonyl (C=O) groups is 1. The smallest absolute Gasteiger partial charge is 0.416 e. The molecule has 3 aromatic rings. The standard InChI is InChI=1S/C27H27F9N6O2/c1-4-24(37)12-18(17-11-14(25(28,29)30)5-6-19(17)38-24)21-39-41-42(40-21)20(23(2,3)22(43)44)9-13-7-15(26(31,32)33)10-16(8-13)27(34,35)36/h5-8,10-11,18,20,38H,4,9,12,37H2,1-3H3,(H,43,44)/t18-,20?,24+/m0/s1. The van der Waals surface area contributed by atoms with E-state index in [4.69, 9.17) is 5.73 Å². The van der Waals surface area contributed by atoms with Gasteiger partial charge in [0.25, 0.3) is 0 Å². The van der Waals surface area contributed by atoms with E-state index in [2.05, 4.69) is 20.7 Å². The molecule has 3 atom stereocenters. The van der Waals surface area contributed by atoms with Crippen molar-refractivity contribution in [3.05, 3.63) is 70.0 Å². The van der Waals surface area contributed by atoms with Gasteiger partial charge in [-0.2, -0.15) is 44.3 Å². The maximum absolute atomic E-state index is 13.5. The fourth-order valence-electron chi connectivity index (χ4n) is 5.03. The van der Waals surface area contributed by atoms with Crippen molar-refractivity contribution < 1.29 is 49.4 Å². The van der Waals surface area contributed by atoms with Crippen molar-refractivity contribution in [3.63, 3.8) is 0 Å². The van der Waals surface area contributed by atoms with Gasteiger partial charge in [-0.25, -0.2) is 0 Å². The van der Waals surface area contributed by atoms with E-state index in [1.165, 1.54) is 19.9 Å². The molecular formula is C27H27F9N6O2. The maximum atomic E-state index is 13.5. The molecule has 0 spiro atoms. The number of aromatic nitrogens is 4. The molecule has 17 heteroatoms. The van der Waals surface area contributed by atoms with Crippen molar-refractivity contribution in [1.29, 1.82) is 0 Å². The summed E-state index contributed by atoms with van der Waals surface area (Å²) < 4.78 is 122. The van der Waals surface area contributed by atoms with Crippen LogP contribution in [-0.4, -0.2) is 36.9 Å². The fraction of sp³-hybridized carbons (Fsp3) is 0.481. The summed E-state index contributed by atoms with van der Waals surface area (Å²) in [4.78, 5) is 13.0. The largest absolute Gasteiger partial charge is 0.481 e. The van der Waals surface area contributed by atoms with Crippen LogP contribution in [0.2, 0.25) is 0 Å². The second kappa shape index (κ2) is 10.9. The van der Waals surface area contributed by atoms with Crippen molar-refractivity contribution >= 4 is 11.7 Å². The van der Waals surface area contributed by atoms with E-state index in [1.54, 1.807) is 6.92 Å². The van der Waals surface area contributed by atoms with Crippen LogP contribution in [0, 0.1) is 5.41 Å². The number of alkyl halides is 9. The van der Waals surface area contributed by atoms with Crippen molar-refractivity contribution in [2.45, 2.75) is 76.2 Å². The normalized spacial score (nSPS) is 20.2. The van der Waals surface area contributed by atoms with Crippen LogP contribution in [0.4, 0.5) is 45.2 Å². The summed E-state index contributed by atoms with van der Waals surface area (Å²) in [5.74, 6) is -2.62. The Labute approximate surface area is 244 Å². The Kier molecular flexibility index (Phi) is 8.20. The lowest BCUT2D eigenvalue weighted by Crippen LogP contribution is -2.51. The molecule has 1 aliphatic rings. The summed E-state index contributed by atoms with van der Waals surface area (Å²) in [7, 11) is 0. The fourth-order valence-corrected chi connectivity index (χ4v) is 5.03. The molecule has 0 fully saturated rings. The predicted molar refractivity (Wildman–Crippen MR) is 137 cm³/mol. The molecule has 0 saturated heterocycles. The maximum Gasteiger partial charge on any atom is 0.416 e. The molecule has 44 heavy (non-hydrogen) atoms. The summed E-state index contributed by atoms with van der Waals surface area (Å²) in [6, 6.07) is 2.38. The second-order valence-electron chi connectivity index (χ2n) is 11.3. The average Bonchev–Trinajstić information content (AvgIpc) is 3.38. The zero-order chi connectivity index (χ0) is 33.0. The third-order valence-corrected chi connectivity index (χ3v) is 7.83. The number of nitrogens with zero attached hydrogens (tertiary/aromatic N) is 4. The number of hydrogen-bond acceptors (Lipinski definition) is 6. The molecular weight excluding hydrogens is 611 g/mol. The molecule has 0 amide bonds. The predicted octanol–water partition coefficient (Wildman–Crippen LogP) is 6.64. The first kappa shape index (κ1) is 33.0. The Morgan fingerprint density at radius 2 is 1.57 bits per heavy atom. The molecule has 1 aromatic heterocycles. The number of tetrazole rings is 1. The number of benzene rings is 2. The molecule has 2 aromatic carbocycles. The van der Waals surface area contributed by atoms with E-state index in [0.29, 0.717) is 18.6 Å². The van der Waals surface area contributed by atoms with Gasteiger partial charge in [0.2, 0.25) is 0 Å². The van der Waals surface area contributed by atoms with Gasteiger partial charge in [0.15, 0.2) is 5.82 Å². The van der Waals surface area contributed by atoms with Crippen molar-refractivity contribution in [1.82, 2.24) is 20.2 Å². The number of carboxylic acid groups (broad SMARTS) is 1. The Morgan fingerprint density at radius 3 is 2.07 bits per heavy atom. The second-order valence-corrected chi connectivity index (χ2v) is 11.3.